The van der Waals surface area contributed by atoms with Crippen LogP contribution in [-0.4, -0.2) is 30.0 Å². The zero-order chi connectivity index (χ0) is 15.0. The SMILES string of the molecule is CCCNc1cc(NCC(C)CSC)cc([N+](=O)[O-])c1. The molecule has 0 aliphatic carbocycles. The van der Waals surface area contributed by atoms with E-state index in [2.05, 4.69) is 30.7 Å². The summed E-state index contributed by atoms with van der Waals surface area (Å²) in [5, 5.41) is 17.4. The summed E-state index contributed by atoms with van der Waals surface area (Å²) in [6.07, 6.45) is 3.06. The molecule has 0 aromatic heterocycles. The minimum atomic E-state index is -0.354. The number of hydrogen-bond acceptors (Lipinski definition) is 5. The standard InChI is InChI=1S/C14H23N3O2S/c1-4-5-15-12-6-13(8-14(7-12)17(18)19)16-9-11(2)10-20-3/h6-8,11,15-16H,4-5,9-10H2,1-3H3. The number of thioether (sulfide) groups is 1. The second-order valence-corrected chi connectivity index (χ2v) is 5.80. The lowest BCUT2D eigenvalue weighted by molar-refractivity contribution is -0.384. The van der Waals surface area contributed by atoms with E-state index in [1.807, 2.05) is 6.07 Å². The molecule has 5 nitrogen and oxygen atoms in total. The number of nitro benzene ring substituents is 1. The van der Waals surface area contributed by atoms with Gasteiger partial charge < -0.3 is 10.6 Å². The second kappa shape index (κ2) is 8.68. The molecule has 1 atom stereocenters. The molecule has 0 saturated heterocycles. The van der Waals surface area contributed by atoms with Crippen LogP contribution in [0.4, 0.5) is 17.1 Å². The molecule has 20 heavy (non-hydrogen) atoms. The first-order valence-corrected chi connectivity index (χ1v) is 8.22. The number of nitrogens with zero attached hydrogens (tertiary/aromatic N) is 1. The van der Waals surface area contributed by atoms with Crippen molar-refractivity contribution in [2.45, 2.75) is 20.3 Å². The Morgan fingerprint density at radius 2 is 1.95 bits per heavy atom. The Hall–Kier alpha value is -1.43. The summed E-state index contributed by atoms with van der Waals surface area (Å²) in [5.41, 5.74) is 1.71. The summed E-state index contributed by atoms with van der Waals surface area (Å²) in [6, 6.07) is 5.09. The number of non-ortho nitro benzene ring substituents is 1. The normalized spacial score (nSPS) is 11.9. The summed E-state index contributed by atoms with van der Waals surface area (Å²) in [6.45, 7) is 5.85. The van der Waals surface area contributed by atoms with Crippen molar-refractivity contribution in [2.24, 2.45) is 5.92 Å². The van der Waals surface area contributed by atoms with Crippen LogP contribution in [0.1, 0.15) is 20.3 Å². The lowest BCUT2D eigenvalue weighted by Crippen LogP contribution is -2.13. The van der Waals surface area contributed by atoms with Crippen molar-refractivity contribution in [2.75, 3.05) is 35.7 Å². The molecule has 112 valence electrons. The molecular weight excluding hydrogens is 274 g/mol. The summed E-state index contributed by atoms with van der Waals surface area (Å²) < 4.78 is 0. The molecular formula is C14H23N3O2S. The smallest absolute Gasteiger partial charge is 0.273 e. The maximum Gasteiger partial charge on any atom is 0.273 e. The van der Waals surface area contributed by atoms with E-state index in [9.17, 15) is 10.1 Å². The summed E-state index contributed by atoms with van der Waals surface area (Å²) >= 11 is 1.81. The Labute approximate surface area is 124 Å². The zero-order valence-electron chi connectivity index (χ0n) is 12.3. The van der Waals surface area contributed by atoms with Gasteiger partial charge in [0.05, 0.1) is 4.92 Å². The summed E-state index contributed by atoms with van der Waals surface area (Å²) in [5.74, 6) is 1.60. The van der Waals surface area contributed by atoms with Gasteiger partial charge in [-0.2, -0.15) is 11.8 Å². The van der Waals surface area contributed by atoms with Gasteiger partial charge in [-0.1, -0.05) is 13.8 Å². The van der Waals surface area contributed by atoms with Crippen LogP contribution < -0.4 is 10.6 Å². The van der Waals surface area contributed by atoms with Crippen molar-refractivity contribution < 1.29 is 4.92 Å². The van der Waals surface area contributed by atoms with Gasteiger partial charge in [-0.25, -0.2) is 0 Å². The number of anilines is 2. The molecule has 0 amide bonds. The van der Waals surface area contributed by atoms with Gasteiger partial charge in [-0.15, -0.1) is 0 Å². The van der Waals surface area contributed by atoms with Gasteiger partial charge in [0.15, 0.2) is 0 Å². The van der Waals surface area contributed by atoms with Crippen LogP contribution in [-0.2, 0) is 0 Å². The second-order valence-electron chi connectivity index (χ2n) is 4.89. The number of benzene rings is 1. The van der Waals surface area contributed by atoms with Crippen LogP contribution in [0.5, 0.6) is 0 Å². The minimum Gasteiger partial charge on any atom is -0.385 e. The lowest BCUT2D eigenvalue weighted by Gasteiger charge is -2.13. The molecule has 1 aromatic carbocycles. The van der Waals surface area contributed by atoms with Gasteiger partial charge in [0.2, 0.25) is 0 Å². The van der Waals surface area contributed by atoms with Crippen LogP contribution in [0.15, 0.2) is 18.2 Å². The molecule has 6 heteroatoms. The van der Waals surface area contributed by atoms with E-state index in [1.165, 1.54) is 0 Å². The van der Waals surface area contributed by atoms with Gasteiger partial charge in [-0.3, -0.25) is 10.1 Å². The molecule has 0 heterocycles. The highest BCUT2D eigenvalue weighted by atomic mass is 32.2. The van der Waals surface area contributed by atoms with Crippen molar-refractivity contribution in [1.29, 1.82) is 0 Å². The number of rotatable bonds is 9. The van der Waals surface area contributed by atoms with Crippen LogP contribution in [0.3, 0.4) is 0 Å². The third-order valence-corrected chi connectivity index (χ3v) is 3.72. The van der Waals surface area contributed by atoms with Crippen molar-refractivity contribution >= 4 is 28.8 Å². The van der Waals surface area contributed by atoms with Crippen LogP contribution in [0.25, 0.3) is 0 Å². The van der Waals surface area contributed by atoms with E-state index in [4.69, 9.17) is 0 Å². The zero-order valence-corrected chi connectivity index (χ0v) is 13.1. The molecule has 0 bridgehead atoms. The Kier molecular flexibility index (Phi) is 7.22. The van der Waals surface area contributed by atoms with Crippen molar-refractivity contribution in [3.8, 4) is 0 Å². The molecule has 1 aromatic rings. The average Bonchev–Trinajstić information content (AvgIpc) is 2.43. The Bertz CT molecular complexity index is 440. The highest BCUT2D eigenvalue weighted by molar-refractivity contribution is 7.98. The number of hydrogen-bond donors (Lipinski definition) is 2. The van der Waals surface area contributed by atoms with Gasteiger partial charge in [0.25, 0.3) is 5.69 Å². The highest BCUT2D eigenvalue weighted by Crippen LogP contribution is 2.24. The molecule has 0 fully saturated rings. The fourth-order valence-corrected chi connectivity index (χ4v) is 2.51. The number of nitrogens with one attached hydrogen (secondary N) is 2. The molecule has 1 rings (SSSR count). The molecule has 0 radical (unpaired) electrons. The summed E-state index contributed by atoms with van der Waals surface area (Å²) in [7, 11) is 0. The number of nitro groups is 1. The first-order chi connectivity index (χ1) is 9.56. The lowest BCUT2D eigenvalue weighted by atomic mass is 10.2. The summed E-state index contributed by atoms with van der Waals surface area (Å²) in [4.78, 5) is 10.6. The molecule has 0 saturated carbocycles. The Morgan fingerprint density at radius 3 is 2.50 bits per heavy atom. The first kappa shape index (κ1) is 16.6. The maximum absolute atomic E-state index is 11.0. The third kappa shape index (κ3) is 5.69. The predicted molar refractivity (Wildman–Crippen MR) is 87.9 cm³/mol. The Morgan fingerprint density at radius 1 is 1.30 bits per heavy atom. The van der Waals surface area contributed by atoms with Gasteiger partial charge in [-0.05, 0) is 30.4 Å². The van der Waals surface area contributed by atoms with Crippen LogP contribution in [0, 0.1) is 16.0 Å². The molecule has 0 aliphatic rings. The fraction of sp³-hybridized carbons (Fsp3) is 0.571. The van der Waals surface area contributed by atoms with E-state index >= 15 is 0 Å². The predicted octanol–water partition coefficient (Wildman–Crippen LogP) is 3.83. The molecule has 0 spiro atoms. The quantitative estimate of drug-likeness (QED) is 0.535. The van der Waals surface area contributed by atoms with Crippen molar-refractivity contribution in [3.63, 3.8) is 0 Å². The maximum atomic E-state index is 11.0. The third-order valence-electron chi connectivity index (χ3n) is 2.81. The molecule has 2 N–H and O–H groups in total. The highest BCUT2D eigenvalue weighted by Gasteiger charge is 2.10. The first-order valence-electron chi connectivity index (χ1n) is 6.83. The molecule has 1 unspecified atom stereocenters. The Balaban J connectivity index is 2.77. The van der Waals surface area contributed by atoms with Crippen LogP contribution in [0.2, 0.25) is 0 Å². The average molecular weight is 297 g/mol. The van der Waals surface area contributed by atoms with Gasteiger partial charge >= 0.3 is 0 Å². The van der Waals surface area contributed by atoms with Crippen molar-refractivity contribution in [1.82, 2.24) is 0 Å². The van der Waals surface area contributed by atoms with E-state index in [1.54, 1.807) is 23.9 Å². The van der Waals surface area contributed by atoms with Crippen LogP contribution >= 0.6 is 11.8 Å². The fourth-order valence-electron chi connectivity index (χ4n) is 1.83. The topological polar surface area (TPSA) is 67.2 Å². The van der Waals surface area contributed by atoms with Crippen molar-refractivity contribution in [3.05, 3.63) is 28.3 Å². The molecule has 0 aliphatic heterocycles. The minimum absolute atomic E-state index is 0.117. The van der Waals surface area contributed by atoms with E-state index < -0.39 is 0 Å². The van der Waals surface area contributed by atoms with E-state index in [-0.39, 0.29) is 10.6 Å². The van der Waals surface area contributed by atoms with E-state index in [0.29, 0.717) is 5.92 Å². The van der Waals surface area contributed by atoms with Gasteiger partial charge in [0.1, 0.15) is 0 Å². The van der Waals surface area contributed by atoms with E-state index in [0.717, 1.165) is 36.6 Å². The monoisotopic (exact) mass is 297 g/mol. The van der Waals surface area contributed by atoms with Gasteiger partial charge in [0, 0.05) is 36.6 Å². The largest absolute Gasteiger partial charge is 0.385 e.